The van der Waals surface area contributed by atoms with Gasteiger partial charge in [-0.15, -0.1) is 0 Å². The summed E-state index contributed by atoms with van der Waals surface area (Å²) >= 11 is 6.88. The Kier molecular flexibility index (Phi) is 3.82. The van der Waals surface area contributed by atoms with Crippen LogP contribution in [0.4, 0.5) is 0 Å². The van der Waals surface area contributed by atoms with Crippen molar-refractivity contribution in [2.24, 2.45) is 0 Å². The van der Waals surface area contributed by atoms with Gasteiger partial charge < -0.3 is 4.74 Å². The molecule has 0 N–H and O–H groups in total. The van der Waals surface area contributed by atoms with E-state index in [4.69, 9.17) is 4.74 Å². The van der Waals surface area contributed by atoms with Crippen molar-refractivity contribution in [3.63, 3.8) is 0 Å². The summed E-state index contributed by atoms with van der Waals surface area (Å²) in [5, 5.41) is 0. The van der Waals surface area contributed by atoms with Gasteiger partial charge in [0.1, 0.15) is 0 Å². The Balaban J connectivity index is 3.04. The second-order valence-electron chi connectivity index (χ2n) is 2.17. The molecule has 0 radical (unpaired) electrons. The molecule has 0 unspecified atom stereocenters. The summed E-state index contributed by atoms with van der Waals surface area (Å²) in [4.78, 5) is 0. The summed E-state index contributed by atoms with van der Waals surface area (Å²) < 4.78 is 6.93. The highest BCUT2D eigenvalue weighted by atomic mass is 79.9. The third-order valence-corrected chi connectivity index (χ3v) is 2.75. The van der Waals surface area contributed by atoms with E-state index in [0.29, 0.717) is 0 Å². The Bertz CT molecular complexity index is 274. The predicted octanol–water partition coefficient (Wildman–Crippen LogP) is 3.83. The summed E-state index contributed by atoms with van der Waals surface area (Å²) in [6, 6.07) is 5.94. The number of hydrogen-bond acceptors (Lipinski definition) is 1. The molecule has 0 aliphatic heterocycles. The normalized spacial score (nSPS) is 10.6. The Morgan fingerprint density at radius 1 is 1.25 bits per heavy atom. The fraction of sp³-hybridized carbons (Fsp3) is 0.111. The first-order chi connectivity index (χ1) is 5.75. The molecule has 0 amide bonds. The lowest BCUT2D eigenvalue weighted by molar-refractivity contribution is 0.341. The topological polar surface area (TPSA) is 9.23 Å². The zero-order chi connectivity index (χ0) is 8.97. The minimum absolute atomic E-state index is 1.05. The highest BCUT2D eigenvalue weighted by Gasteiger charge is 1.99. The monoisotopic (exact) mass is 290 g/mol. The Hall–Kier alpha value is -0.280. The molecule has 0 saturated heterocycles. The maximum Gasteiger partial charge on any atom is 0.0831 e. The molecule has 0 aromatic heterocycles. The minimum atomic E-state index is 1.05. The number of methoxy groups -OCH3 is 1. The van der Waals surface area contributed by atoms with Gasteiger partial charge in [-0.05, 0) is 18.2 Å². The van der Waals surface area contributed by atoms with Crippen molar-refractivity contribution in [2.75, 3.05) is 7.11 Å². The first-order valence-corrected chi connectivity index (χ1v) is 4.97. The van der Waals surface area contributed by atoms with E-state index < -0.39 is 0 Å². The molecule has 1 nitrogen and oxygen atoms in total. The summed E-state index contributed by atoms with van der Waals surface area (Å²) in [6.07, 6.45) is 3.54. The van der Waals surface area contributed by atoms with Crippen molar-refractivity contribution in [1.82, 2.24) is 0 Å². The number of ether oxygens (including phenoxy) is 1. The van der Waals surface area contributed by atoms with Crippen LogP contribution in [0.25, 0.3) is 6.08 Å². The van der Waals surface area contributed by atoms with Gasteiger partial charge in [-0.3, -0.25) is 0 Å². The highest BCUT2D eigenvalue weighted by Crippen LogP contribution is 2.26. The molecule has 12 heavy (non-hydrogen) atoms. The quantitative estimate of drug-likeness (QED) is 0.753. The minimum Gasteiger partial charge on any atom is -0.504 e. The van der Waals surface area contributed by atoms with E-state index in [2.05, 4.69) is 31.9 Å². The molecule has 3 heteroatoms. The van der Waals surface area contributed by atoms with Gasteiger partial charge in [0, 0.05) is 14.5 Å². The van der Waals surface area contributed by atoms with Gasteiger partial charge in [0.25, 0.3) is 0 Å². The summed E-state index contributed by atoms with van der Waals surface area (Å²) in [6.45, 7) is 0. The van der Waals surface area contributed by atoms with E-state index in [0.717, 1.165) is 14.5 Å². The second-order valence-corrected chi connectivity index (χ2v) is 3.88. The van der Waals surface area contributed by atoms with Crippen molar-refractivity contribution >= 4 is 37.9 Å². The van der Waals surface area contributed by atoms with Crippen molar-refractivity contribution in [2.45, 2.75) is 0 Å². The lowest BCUT2D eigenvalue weighted by Crippen LogP contribution is -1.77. The number of rotatable bonds is 2. The fourth-order valence-corrected chi connectivity index (χ4v) is 2.07. The van der Waals surface area contributed by atoms with Gasteiger partial charge in [0.15, 0.2) is 0 Å². The molecule has 1 rings (SSSR count). The largest absolute Gasteiger partial charge is 0.504 e. The molecule has 0 aliphatic carbocycles. The molecule has 64 valence electrons. The molecule has 0 saturated carbocycles. The third kappa shape index (κ3) is 2.35. The molecule has 0 fully saturated rings. The van der Waals surface area contributed by atoms with Crippen LogP contribution in [0.1, 0.15) is 5.56 Å². The molecular formula is C9H8Br2O. The van der Waals surface area contributed by atoms with Crippen LogP contribution in [0, 0.1) is 0 Å². The van der Waals surface area contributed by atoms with Gasteiger partial charge in [0.05, 0.1) is 13.4 Å². The van der Waals surface area contributed by atoms with Crippen LogP contribution in [0.2, 0.25) is 0 Å². The highest BCUT2D eigenvalue weighted by molar-refractivity contribution is 9.11. The van der Waals surface area contributed by atoms with E-state index >= 15 is 0 Å². The molecule has 0 heterocycles. The molecule has 0 spiro atoms. The van der Waals surface area contributed by atoms with Crippen LogP contribution in [-0.4, -0.2) is 7.11 Å². The number of halogens is 2. The van der Waals surface area contributed by atoms with Crippen LogP contribution < -0.4 is 0 Å². The molecule has 1 aromatic rings. The van der Waals surface area contributed by atoms with Crippen LogP contribution in [-0.2, 0) is 4.74 Å². The molecule has 0 atom stereocenters. The Morgan fingerprint density at radius 2 is 1.83 bits per heavy atom. The first kappa shape index (κ1) is 9.81. The lowest BCUT2D eigenvalue weighted by atomic mass is 10.2. The van der Waals surface area contributed by atoms with Gasteiger partial charge in [-0.1, -0.05) is 37.9 Å². The van der Waals surface area contributed by atoms with E-state index in [1.807, 2.05) is 24.3 Å². The summed E-state index contributed by atoms with van der Waals surface area (Å²) in [5.41, 5.74) is 1.08. The van der Waals surface area contributed by atoms with Crippen LogP contribution in [0.5, 0.6) is 0 Å². The molecule has 0 aliphatic rings. The van der Waals surface area contributed by atoms with Crippen LogP contribution in [0.3, 0.4) is 0 Å². The summed E-state index contributed by atoms with van der Waals surface area (Å²) in [5.74, 6) is 0. The van der Waals surface area contributed by atoms with Crippen molar-refractivity contribution in [3.8, 4) is 0 Å². The average Bonchev–Trinajstić information content (AvgIpc) is 2.04. The SMILES string of the molecule is COC=Cc1c(Br)cccc1Br. The fourth-order valence-electron chi connectivity index (χ4n) is 0.806. The zero-order valence-electron chi connectivity index (χ0n) is 6.55. The van der Waals surface area contributed by atoms with Gasteiger partial charge in [0.2, 0.25) is 0 Å². The van der Waals surface area contributed by atoms with E-state index in [-0.39, 0.29) is 0 Å². The lowest BCUT2D eigenvalue weighted by Gasteiger charge is -2.00. The van der Waals surface area contributed by atoms with Crippen molar-refractivity contribution < 1.29 is 4.74 Å². The van der Waals surface area contributed by atoms with Crippen molar-refractivity contribution in [1.29, 1.82) is 0 Å². The first-order valence-electron chi connectivity index (χ1n) is 3.39. The van der Waals surface area contributed by atoms with Crippen molar-refractivity contribution in [3.05, 3.63) is 39.0 Å². The standard InChI is InChI=1S/C9H8Br2O/c1-12-6-5-7-8(10)3-2-4-9(7)11/h2-6H,1H3. The van der Waals surface area contributed by atoms with Gasteiger partial charge in [-0.2, -0.15) is 0 Å². The number of benzene rings is 1. The Morgan fingerprint density at radius 3 is 2.33 bits per heavy atom. The maximum absolute atomic E-state index is 4.83. The Labute approximate surface area is 88.7 Å². The van der Waals surface area contributed by atoms with E-state index in [1.54, 1.807) is 13.4 Å². The predicted molar refractivity (Wildman–Crippen MR) is 57.9 cm³/mol. The average molecular weight is 292 g/mol. The van der Waals surface area contributed by atoms with Crippen LogP contribution in [0.15, 0.2) is 33.4 Å². The second kappa shape index (κ2) is 4.67. The molecule has 1 aromatic carbocycles. The van der Waals surface area contributed by atoms with Gasteiger partial charge >= 0.3 is 0 Å². The summed E-state index contributed by atoms with van der Waals surface area (Å²) in [7, 11) is 1.63. The van der Waals surface area contributed by atoms with Crippen LogP contribution >= 0.6 is 31.9 Å². The molecular weight excluding hydrogens is 284 g/mol. The smallest absolute Gasteiger partial charge is 0.0831 e. The van der Waals surface area contributed by atoms with E-state index in [9.17, 15) is 0 Å². The van der Waals surface area contributed by atoms with E-state index in [1.165, 1.54) is 0 Å². The zero-order valence-corrected chi connectivity index (χ0v) is 9.72. The number of hydrogen-bond donors (Lipinski definition) is 0. The third-order valence-electron chi connectivity index (χ3n) is 1.37. The maximum atomic E-state index is 4.83. The van der Waals surface area contributed by atoms with Gasteiger partial charge in [-0.25, -0.2) is 0 Å². The molecule has 0 bridgehead atoms.